The molecule has 2 aromatic heterocycles. The van der Waals surface area contributed by atoms with E-state index >= 15 is 0 Å². The van der Waals surface area contributed by atoms with Crippen LogP contribution in [-0.2, 0) is 11.3 Å². The number of carbonyl (C=O) groups is 2. The van der Waals surface area contributed by atoms with Gasteiger partial charge in [0.05, 0.1) is 17.6 Å². The Hall–Kier alpha value is -3.02. The summed E-state index contributed by atoms with van der Waals surface area (Å²) in [4.78, 5) is 33.1. The molecule has 0 spiro atoms. The lowest BCUT2D eigenvalue weighted by molar-refractivity contribution is -0.127. The molecular weight excluding hydrogens is 412 g/mol. The maximum Gasteiger partial charge on any atom is 0.276 e. The number of rotatable bonds is 3. The maximum absolute atomic E-state index is 14.0. The van der Waals surface area contributed by atoms with E-state index in [-0.39, 0.29) is 17.9 Å². The highest BCUT2D eigenvalue weighted by Crippen LogP contribution is 2.38. The fourth-order valence-electron chi connectivity index (χ4n) is 5.61. The summed E-state index contributed by atoms with van der Waals surface area (Å²) >= 11 is 0. The summed E-state index contributed by atoms with van der Waals surface area (Å²) in [6, 6.07) is 10.3. The van der Waals surface area contributed by atoms with Gasteiger partial charge in [-0.3, -0.25) is 14.5 Å². The molecule has 1 aliphatic carbocycles. The van der Waals surface area contributed by atoms with Crippen LogP contribution in [-0.4, -0.2) is 32.9 Å². The van der Waals surface area contributed by atoms with Gasteiger partial charge in [-0.2, -0.15) is 0 Å². The van der Waals surface area contributed by atoms with Gasteiger partial charge in [0.25, 0.3) is 5.91 Å². The van der Waals surface area contributed by atoms with E-state index in [2.05, 4.69) is 16.4 Å². The van der Waals surface area contributed by atoms with E-state index in [0.29, 0.717) is 12.2 Å². The standard InChI is InChI=1S/C27H34N4O2/c1-17-11-12-18(2)22(13-17)31-25(32)24-15-21-23(14-19(3)28-21)30(24)16-27(31,4)26(33)29-20-9-7-5-6-8-10-20/h11-15,20,28H,5-10,16H2,1-4H3,(H,29,33). The number of hydrogen-bond acceptors (Lipinski definition) is 2. The second-order valence-electron chi connectivity index (χ2n) is 10.2. The minimum atomic E-state index is -1.04. The molecule has 3 aromatic rings. The van der Waals surface area contributed by atoms with Crippen LogP contribution in [0.1, 0.15) is 72.8 Å². The molecule has 0 saturated heterocycles. The molecular formula is C27H34N4O2. The summed E-state index contributed by atoms with van der Waals surface area (Å²) in [5.74, 6) is -0.195. The predicted molar refractivity (Wildman–Crippen MR) is 132 cm³/mol. The molecule has 1 saturated carbocycles. The lowest BCUT2D eigenvalue weighted by Crippen LogP contribution is -2.65. The van der Waals surface area contributed by atoms with Gasteiger partial charge in [-0.05, 0) is 69.9 Å². The average Bonchev–Trinajstić information content (AvgIpc) is 3.16. The minimum absolute atomic E-state index is 0.0663. The summed E-state index contributed by atoms with van der Waals surface area (Å²) in [7, 11) is 0. The quantitative estimate of drug-likeness (QED) is 0.546. The Balaban J connectivity index is 1.62. The highest BCUT2D eigenvalue weighted by molar-refractivity contribution is 6.14. The normalized spacial score (nSPS) is 21.8. The Morgan fingerprint density at radius 2 is 1.79 bits per heavy atom. The van der Waals surface area contributed by atoms with E-state index in [1.54, 1.807) is 4.90 Å². The van der Waals surface area contributed by atoms with Crippen molar-refractivity contribution in [1.29, 1.82) is 0 Å². The highest BCUT2D eigenvalue weighted by Gasteiger charge is 2.49. The molecule has 5 rings (SSSR count). The number of anilines is 1. The van der Waals surface area contributed by atoms with Crippen LogP contribution in [0.15, 0.2) is 30.3 Å². The van der Waals surface area contributed by atoms with Crippen LogP contribution in [0, 0.1) is 20.8 Å². The predicted octanol–water partition coefficient (Wildman–Crippen LogP) is 5.15. The molecule has 1 unspecified atom stereocenters. The summed E-state index contributed by atoms with van der Waals surface area (Å²) < 4.78 is 2.02. The topological polar surface area (TPSA) is 70.1 Å². The molecule has 1 fully saturated rings. The lowest BCUT2D eigenvalue weighted by Gasteiger charge is -2.45. The number of fused-ring (bicyclic) bond motifs is 3. The van der Waals surface area contributed by atoms with E-state index < -0.39 is 5.54 Å². The van der Waals surface area contributed by atoms with Crippen LogP contribution in [0.5, 0.6) is 0 Å². The lowest BCUT2D eigenvalue weighted by atomic mass is 9.91. The molecule has 0 radical (unpaired) electrons. The largest absolute Gasteiger partial charge is 0.357 e. The second kappa shape index (κ2) is 8.08. The molecule has 6 heteroatoms. The molecule has 1 aliphatic heterocycles. The highest BCUT2D eigenvalue weighted by atomic mass is 16.2. The van der Waals surface area contributed by atoms with Crippen molar-refractivity contribution in [1.82, 2.24) is 14.9 Å². The van der Waals surface area contributed by atoms with Crippen LogP contribution < -0.4 is 10.2 Å². The summed E-state index contributed by atoms with van der Waals surface area (Å²) in [6.07, 6.45) is 6.77. The van der Waals surface area contributed by atoms with Gasteiger partial charge in [0.1, 0.15) is 11.2 Å². The van der Waals surface area contributed by atoms with Gasteiger partial charge < -0.3 is 14.9 Å². The first kappa shape index (κ1) is 21.8. The smallest absolute Gasteiger partial charge is 0.276 e. The van der Waals surface area contributed by atoms with Gasteiger partial charge in [0.2, 0.25) is 5.91 Å². The van der Waals surface area contributed by atoms with E-state index in [1.165, 1.54) is 12.8 Å². The number of nitrogens with zero attached hydrogens (tertiary/aromatic N) is 2. The first-order valence-electron chi connectivity index (χ1n) is 12.2. The molecule has 6 nitrogen and oxygen atoms in total. The number of aromatic amines is 1. The molecule has 2 amide bonds. The van der Waals surface area contributed by atoms with E-state index in [4.69, 9.17) is 0 Å². The van der Waals surface area contributed by atoms with Crippen LogP contribution in [0.25, 0.3) is 11.0 Å². The monoisotopic (exact) mass is 446 g/mol. The van der Waals surface area contributed by atoms with Crippen LogP contribution in [0.2, 0.25) is 0 Å². The number of hydrogen-bond donors (Lipinski definition) is 2. The van der Waals surface area contributed by atoms with Crippen molar-refractivity contribution in [3.63, 3.8) is 0 Å². The van der Waals surface area contributed by atoms with Crippen LogP contribution in [0.3, 0.4) is 0 Å². The zero-order valence-electron chi connectivity index (χ0n) is 20.1. The fraction of sp³-hybridized carbons (Fsp3) is 0.481. The first-order chi connectivity index (χ1) is 15.8. The number of aryl methyl sites for hydroxylation is 3. The van der Waals surface area contributed by atoms with Crippen LogP contribution in [0.4, 0.5) is 5.69 Å². The minimum Gasteiger partial charge on any atom is -0.357 e. The number of nitrogens with one attached hydrogen (secondary N) is 2. The van der Waals surface area contributed by atoms with Crippen molar-refractivity contribution in [2.45, 2.75) is 84.3 Å². The Labute approximate surface area is 195 Å². The Bertz CT molecular complexity index is 1230. The molecule has 2 aliphatic rings. The third kappa shape index (κ3) is 3.65. The number of aromatic nitrogens is 2. The zero-order chi connectivity index (χ0) is 23.3. The van der Waals surface area contributed by atoms with Crippen molar-refractivity contribution < 1.29 is 9.59 Å². The van der Waals surface area contributed by atoms with Crippen molar-refractivity contribution in [3.8, 4) is 0 Å². The second-order valence-corrected chi connectivity index (χ2v) is 10.2. The van der Waals surface area contributed by atoms with Gasteiger partial charge in [0, 0.05) is 17.4 Å². The molecule has 1 aromatic carbocycles. The van der Waals surface area contributed by atoms with Crippen LogP contribution >= 0.6 is 0 Å². The van der Waals surface area contributed by atoms with Crippen molar-refractivity contribution in [2.75, 3.05) is 4.90 Å². The third-order valence-corrected chi connectivity index (χ3v) is 7.49. The molecule has 3 heterocycles. The Morgan fingerprint density at radius 1 is 1.06 bits per heavy atom. The maximum atomic E-state index is 14.0. The number of benzene rings is 1. The SMILES string of the molecule is Cc1ccc(C)c(N2C(=O)c3cc4[nH]c(C)cc4n3CC2(C)C(=O)NC2CCCCCC2)c1. The molecule has 174 valence electrons. The van der Waals surface area contributed by atoms with E-state index in [0.717, 1.165) is 59.2 Å². The van der Waals surface area contributed by atoms with Gasteiger partial charge >= 0.3 is 0 Å². The van der Waals surface area contributed by atoms with Crippen molar-refractivity contribution in [2.24, 2.45) is 0 Å². The van der Waals surface area contributed by atoms with Gasteiger partial charge in [-0.15, -0.1) is 0 Å². The molecule has 0 bridgehead atoms. The first-order valence-corrected chi connectivity index (χ1v) is 12.2. The fourth-order valence-corrected chi connectivity index (χ4v) is 5.61. The number of carbonyl (C=O) groups excluding carboxylic acids is 2. The van der Waals surface area contributed by atoms with Gasteiger partial charge in [0.15, 0.2) is 0 Å². The summed E-state index contributed by atoms with van der Waals surface area (Å²) in [5.41, 5.74) is 5.41. The molecule has 33 heavy (non-hydrogen) atoms. The van der Waals surface area contributed by atoms with E-state index in [9.17, 15) is 9.59 Å². The van der Waals surface area contributed by atoms with E-state index in [1.807, 2.05) is 56.5 Å². The van der Waals surface area contributed by atoms with Crippen molar-refractivity contribution in [3.05, 3.63) is 52.8 Å². The Morgan fingerprint density at radius 3 is 2.52 bits per heavy atom. The molecule has 1 atom stereocenters. The summed E-state index contributed by atoms with van der Waals surface area (Å²) in [6.45, 7) is 8.38. The number of H-pyrrole nitrogens is 1. The zero-order valence-corrected chi connectivity index (χ0v) is 20.1. The van der Waals surface area contributed by atoms with Crippen molar-refractivity contribution >= 4 is 28.5 Å². The molecule has 2 N–H and O–H groups in total. The summed E-state index contributed by atoms with van der Waals surface area (Å²) in [5, 5.41) is 3.35. The van der Waals surface area contributed by atoms with Gasteiger partial charge in [-0.25, -0.2) is 0 Å². The third-order valence-electron chi connectivity index (χ3n) is 7.49. The number of amides is 2. The van der Waals surface area contributed by atoms with Gasteiger partial charge in [-0.1, -0.05) is 37.8 Å². The average molecular weight is 447 g/mol. The Kier molecular flexibility index (Phi) is 5.34.